The molecule has 106 valence electrons. The van der Waals surface area contributed by atoms with E-state index in [1.807, 2.05) is 11.4 Å². The molecule has 0 aliphatic rings. The molecule has 0 bridgehead atoms. The van der Waals surface area contributed by atoms with E-state index in [2.05, 4.69) is 25.2 Å². The van der Waals surface area contributed by atoms with Gasteiger partial charge in [0.1, 0.15) is 5.82 Å². The zero-order chi connectivity index (χ0) is 14.8. The number of hydrogen-bond acceptors (Lipinski definition) is 2. The van der Waals surface area contributed by atoms with Gasteiger partial charge in [0.05, 0.1) is 0 Å². The predicted molar refractivity (Wildman–Crippen MR) is 80.8 cm³/mol. The van der Waals surface area contributed by atoms with E-state index < -0.39 is 0 Å². The summed E-state index contributed by atoms with van der Waals surface area (Å²) in [7, 11) is 0. The van der Waals surface area contributed by atoms with E-state index in [0.29, 0.717) is 17.7 Å². The first-order valence-corrected chi connectivity index (χ1v) is 7.36. The zero-order valence-electron chi connectivity index (χ0n) is 11.9. The minimum absolute atomic E-state index is 0.113. The molecule has 20 heavy (non-hydrogen) atoms. The van der Waals surface area contributed by atoms with Gasteiger partial charge in [0.2, 0.25) is 0 Å². The molecule has 1 aromatic heterocycles. The largest absolute Gasteiger partial charge is 0.351 e. The molecule has 0 unspecified atom stereocenters. The number of benzene rings is 1. The quantitative estimate of drug-likeness (QED) is 0.909. The van der Waals surface area contributed by atoms with Crippen molar-refractivity contribution in [2.45, 2.75) is 26.2 Å². The van der Waals surface area contributed by atoms with E-state index in [1.165, 1.54) is 23.1 Å². The van der Waals surface area contributed by atoms with Gasteiger partial charge >= 0.3 is 0 Å². The van der Waals surface area contributed by atoms with E-state index in [9.17, 15) is 9.18 Å². The van der Waals surface area contributed by atoms with Crippen LogP contribution in [0.5, 0.6) is 0 Å². The van der Waals surface area contributed by atoms with Gasteiger partial charge in [-0.25, -0.2) is 4.39 Å². The third-order valence-electron chi connectivity index (χ3n) is 3.31. The van der Waals surface area contributed by atoms with Gasteiger partial charge in [-0.15, -0.1) is 11.3 Å². The van der Waals surface area contributed by atoms with E-state index in [4.69, 9.17) is 0 Å². The molecule has 1 aromatic carbocycles. The molecule has 0 saturated heterocycles. The van der Waals surface area contributed by atoms with Crippen molar-refractivity contribution in [3.05, 3.63) is 57.5 Å². The summed E-state index contributed by atoms with van der Waals surface area (Å²) in [5.74, 6) is -0.481. The monoisotopic (exact) mass is 291 g/mol. The van der Waals surface area contributed by atoms with Gasteiger partial charge in [-0.1, -0.05) is 19.9 Å². The predicted octanol–water partition coefficient (Wildman–Crippen LogP) is 3.90. The molecule has 2 nitrogen and oxygen atoms in total. The maximum absolute atomic E-state index is 13.0. The van der Waals surface area contributed by atoms with E-state index in [1.54, 1.807) is 18.3 Å². The first-order chi connectivity index (χ1) is 9.40. The van der Waals surface area contributed by atoms with Crippen LogP contribution in [0.2, 0.25) is 0 Å². The van der Waals surface area contributed by atoms with Crippen LogP contribution >= 0.6 is 11.3 Å². The lowest BCUT2D eigenvalue weighted by molar-refractivity contribution is 0.0945. The van der Waals surface area contributed by atoms with Crippen LogP contribution in [0.3, 0.4) is 0 Å². The topological polar surface area (TPSA) is 29.1 Å². The van der Waals surface area contributed by atoms with Gasteiger partial charge in [-0.2, -0.15) is 0 Å². The van der Waals surface area contributed by atoms with Gasteiger partial charge in [-0.05, 0) is 42.1 Å². The molecule has 0 fully saturated rings. The lowest BCUT2D eigenvalue weighted by atomic mass is 9.91. The number of thiophene rings is 1. The van der Waals surface area contributed by atoms with Gasteiger partial charge in [0.25, 0.3) is 5.91 Å². The van der Waals surface area contributed by atoms with Crippen LogP contribution in [0.4, 0.5) is 4.39 Å². The van der Waals surface area contributed by atoms with Crippen LogP contribution in [-0.2, 0) is 5.41 Å². The number of rotatable bonds is 4. The highest BCUT2D eigenvalue weighted by Gasteiger charge is 2.23. The average molecular weight is 291 g/mol. The van der Waals surface area contributed by atoms with Gasteiger partial charge in [0.15, 0.2) is 0 Å². The third kappa shape index (κ3) is 3.25. The number of aryl methyl sites for hydroxylation is 1. The van der Waals surface area contributed by atoms with Crippen molar-refractivity contribution >= 4 is 17.2 Å². The Morgan fingerprint density at radius 3 is 2.70 bits per heavy atom. The molecule has 0 aliphatic heterocycles. The Morgan fingerprint density at radius 2 is 2.10 bits per heavy atom. The van der Waals surface area contributed by atoms with E-state index in [0.717, 1.165) is 0 Å². The molecule has 0 radical (unpaired) electrons. The molecule has 1 heterocycles. The van der Waals surface area contributed by atoms with Gasteiger partial charge in [0, 0.05) is 22.4 Å². The second-order valence-electron chi connectivity index (χ2n) is 5.50. The summed E-state index contributed by atoms with van der Waals surface area (Å²) in [6.45, 7) is 6.47. The fourth-order valence-corrected chi connectivity index (χ4v) is 2.88. The summed E-state index contributed by atoms with van der Waals surface area (Å²) < 4.78 is 13.0. The van der Waals surface area contributed by atoms with Gasteiger partial charge < -0.3 is 5.32 Å². The maximum Gasteiger partial charge on any atom is 0.251 e. The first-order valence-electron chi connectivity index (χ1n) is 6.48. The van der Waals surface area contributed by atoms with Crippen LogP contribution < -0.4 is 5.32 Å². The Morgan fingerprint density at radius 1 is 1.35 bits per heavy atom. The van der Waals surface area contributed by atoms with E-state index >= 15 is 0 Å². The molecule has 1 amide bonds. The molecule has 2 rings (SSSR count). The lowest BCUT2D eigenvalue weighted by Crippen LogP contribution is -2.36. The average Bonchev–Trinajstić information content (AvgIpc) is 2.90. The van der Waals surface area contributed by atoms with Crippen molar-refractivity contribution in [3.63, 3.8) is 0 Å². The molecule has 1 N–H and O–H groups in total. The highest BCUT2D eigenvalue weighted by Crippen LogP contribution is 2.26. The molecule has 0 atom stereocenters. The highest BCUT2D eigenvalue weighted by molar-refractivity contribution is 7.10. The normalized spacial score (nSPS) is 11.4. The number of hydrogen-bond donors (Lipinski definition) is 1. The number of carbonyl (C=O) groups is 1. The molecule has 0 saturated carbocycles. The van der Waals surface area contributed by atoms with Crippen molar-refractivity contribution in [2.75, 3.05) is 6.54 Å². The summed E-state index contributed by atoms with van der Waals surface area (Å²) in [4.78, 5) is 13.4. The van der Waals surface area contributed by atoms with Crippen LogP contribution in [0.1, 0.15) is 34.6 Å². The summed E-state index contributed by atoms with van der Waals surface area (Å²) >= 11 is 1.68. The van der Waals surface area contributed by atoms with Crippen LogP contribution in [0.15, 0.2) is 35.7 Å². The third-order valence-corrected chi connectivity index (χ3v) is 4.55. The van der Waals surface area contributed by atoms with Crippen molar-refractivity contribution in [2.24, 2.45) is 0 Å². The van der Waals surface area contributed by atoms with Crippen molar-refractivity contribution in [1.29, 1.82) is 0 Å². The Kier molecular flexibility index (Phi) is 4.23. The summed E-state index contributed by atoms with van der Waals surface area (Å²) in [5, 5.41) is 4.96. The van der Waals surface area contributed by atoms with Crippen molar-refractivity contribution < 1.29 is 9.18 Å². The van der Waals surface area contributed by atoms with E-state index in [-0.39, 0.29) is 17.1 Å². The van der Waals surface area contributed by atoms with Gasteiger partial charge in [-0.3, -0.25) is 4.79 Å². The molecular formula is C16H18FNOS. The minimum Gasteiger partial charge on any atom is -0.351 e. The summed E-state index contributed by atoms with van der Waals surface area (Å²) in [5.41, 5.74) is 1.06. The second-order valence-corrected chi connectivity index (χ2v) is 6.45. The Balaban J connectivity index is 2.05. The van der Waals surface area contributed by atoms with Crippen LogP contribution in [0, 0.1) is 12.7 Å². The minimum atomic E-state index is -0.321. The molecular weight excluding hydrogens is 273 g/mol. The first kappa shape index (κ1) is 14.7. The smallest absolute Gasteiger partial charge is 0.251 e. The van der Waals surface area contributed by atoms with Crippen molar-refractivity contribution in [1.82, 2.24) is 5.32 Å². The van der Waals surface area contributed by atoms with Crippen LogP contribution in [0.25, 0.3) is 0 Å². The number of nitrogens with one attached hydrogen (secondary N) is 1. The number of amides is 1. The van der Waals surface area contributed by atoms with Crippen LogP contribution in [-0.4, -0.2) is 12.5 Å². The lowest BCUT2D eigenvalue weighted by Gasteiger charge is -2.23. The summed E-state index contributed by atoms with van der Waals surface area (Å²) in [6, 6.07) is 8.29. The Bertz CT molecular complexity index is 605. The standard InChI is InChI=1S/C16H18FNOS/c1-11-9-12(17)6-7-13(11)15(19)18-10-16(2,3)14-5-4-8-20-14/h4-9H,10H2,1-3H3,(H,18,19). The number of carbonyl (C=O) groups excluding carboxylic acids is 1. The fraction of sp³-hybridized carbons (Fsp3) is 0.312. The van der Waals surface area contributed by atoms with Crippen molar-refractivity contribution in [3.8, 4) is 0 Å². The summed E-state index contributed by atoms with van der Waals surface area (Å²) in [6.07, 6.45) is 0. The molecule has 4 heteroatoms. The molecule has 0 aliphatic carbocycles. The molecule has 0 spiro atoms. The Hall–Kier alpha value is -1.68. The maximum atomic E-state index is 13.0. The Labute approximate surface area is 122 Å². The SMILES string of the molecule is Cc1cc(F)ccc1C(=O)NCC(C)(C)c1cccs1. The molecule has 2 aromatic rings. The zero-order valence-corrected chi connectivity index (χ0v) is 12.7. The second kappa shape index (κ2) is 5.75. The fourth-order valence-electron chi connectivity index (χ4n) is 2.03. The number of halogens is 1. The highest BCUT2D eigenvalue weighted by atomic mass is 32.1.